The number of carbonyl (C=O) groups is 1. The maximum absolute atomic E-state index is 13.3. The molecular formula is C30H37ClN2O3S2. The first-order chi connectivity index (χ1) is 18.0. The molecule has 0 atom stereocenters. The Morgan fingerprint density at radius 2 is 1.66 bits per heavy atom. The summed E-state index contributed by atoms with van der Waals surface area (Å²) < 4.78 is 29.5. The van der Waals surface area contributed by atoms with Crippen molar-refractivity contribution >= 4 is 49.6 Å². The first-order valence-corrected chi connectivity index (χ1v) is 16.4. The predicted octanol–water partition coefficient (Wildman–Crippen LogP) is 7.70. The summed E-state index contributed by atoms with van der Waals surface area (Å²) in [6.45, 7) is 5.51. The number of hydrogen-bond donors (Lipinski definition) is 2. The number of amides is 1. The molecule has 2 fully saturated rings. The van der Waals surface area contributed by atoms with Crippen molar-refractivity contribution in [3.05, 3.63) is 51.9 Å². The largest absolute Gasteiger partial charge is 0.349 e. The van der Waals surface area contributed by atoms with Gasteiger partial charge in [-0.25, -0.2) is 13.1 Å². The van der Waals surface area contributed by atoms with Crippen molar-refractivity contribution in [2.45, 2.75) is 95.0 Å². The number of nitrogens with one attached hydrogen (secondary N) is 2. The standard InChI is InChI=1S/C30H37ClN2O3S2/c1-30(2,3)33-38(35,36)25-17-16-23(21-14-7-8-15-22(21)25)27-24(18-19-10-5-4-6-11-19)26(31)28(37-27)29(34)32-20-12-9-13-20/h7-8,14-17,19-20,33H,4-6,9-13,18H2,1-3H3,(H,32,34). The van der Waals surface area contributed by atoms with Gasteiger partial charge in [-0.05, 0) is 75.0 Å². The Morgan fingerprint density at radius 3 is 2.29 bits per heavy atom. The second-order valence-electron chi connectivity index (χ2n) is 11.9. The highest BCUT2D eigenvalue weighted by Gasteiger charge is 2.30. The molecule has 2 saturated carbocycles. The van der Waals surface area contributed by atoms with Gasteiger partial charge >= 0.3 is 0 Å². The van der Waals surface area contributed by atoms with E-state index in [0.717, 1.165) is 47.1 Å². The molecule has 2 aliphatic carbocycles. The van der Waals surface area contributed by atoms with Crippen LogP contribution in [0.1, 0.15) is 87.4 Å². The van der Waals surface area contributed by atoms with Gasteiger partial charge in [0.25, 0.3) is 5.91 Å². The van der Waals surface area contributed by atoms with Gasteiger partial charge < -0.3 is 5.32 Å². The highest BCUT2D eigenvalue weighted by Crippen LogP contribution is 2.45. The number of thiophene rings is 1. The Hall–Kier alpha value is -1.93. The van der Waals surface area contributed by atoms with E-state index >= 15 is 0 Å². The topological polar surface area (TPSA) is 75.3 Å². The lowest BCUT2D eigenvalue weighted by Crippen LogP contribution is -2.40. The molecule has 2 aromatic carbocycles. The molecule has 0 spiro atoms. The fourth-order valence-electron chi connectivity index (χ4n) is 5.64. The lowest BCUT2D eigenvalue weighted by Gasteiger charge is -2.26. The number of rotatable bonds is 7. The number of benzene rings is 2. The molecule has 0 radical (unpaired) electrons. The smallest absolute Gasteiger partial charge is 0.263 e. The summed E-state index contributed by atoms with van der Waals surface area (Å²) in [7, 11) is -3.74. The fraction of sp³-hybridized carbons (Fsp3) is 0.500. The quantitative estimate of drug-likeness (QED) is 0.304. The van der Waals surface area contributed by atoms with Crippen LogP contribution >= 0.6 is 22.9 Å². The van der Waals surface area contributed by atoms with Crippen molar-refractivity contribution < 1.29 is 13.2 Å². The van der Waals surface area contributed by atoms with Gasteiger partial charge in [0, 0.05) is 21.8 Å². The van der Waals surface area contributed by atoms with Crippen molar-refractivity contribution in [1.82, 2.24) is 10.0 Å². The van der Waals surface area contributed by atoms with Crippen molar-refractivity contribution in [1.29, 1.82) is 0 Å². The first kappa shape index (κ1) is 27.6. The lowest BCUT2D eigenvalue weighted by atomic mass is 9.84. The molecule has 38 heavy (non-hydrogen) atoms. The third kappa shape index (κ3) is 5.81. The van der Waals surface area contributed by atoms with Crippen LogP contribution in [0.25, 0.3) is 21.2 Å². The third-order valence-corrected chi connectivity index (χ3v) is 11.3. The van der Waals surface area contributed by atoms with Crippen LogP contribution < -0.4 is 10.0 Å². The number of hydrogen-bond acceptors (Lipinski definition) is 4. The average molecular weight is 573 g/mol. The summed E-state index contributed by atoms with van der Waals surface area (Å²) in [5.74, 6) is 0.442. The maximum Gasteiger partial charge on any atom is 0.263 e. The third-order valence-electron chi connectivity index (χ3n) is 7.67. The van der Waals surface area contributed by atoms with Crippen molar-refractivity contribution in [3.63, 3.8) is 0 Å². The van der Waals surface area contributed by atoms with E-state index in [1.54, 1.807) is 6.07 Å². The summed E-state index contributed by atoms with van der Waals surface area (Å²) in [6.07, 6.45) is 10.1. The van der Waals surface area contributed by atoms with Crippen molar-refractivity contribution in [2.24, 2.45) is 5.92 Å². The molecule has 5 nitrogen and oxygen atoms in total. The van der Waals surface area contributed by atoms with Gasteiger partial charge in [0.2, 0.25) is 10.0 Å². The Kier molecular flexibility index (Phi) is 7.94. The SMILES string of the molecule is CC(C)(C)NS(=O)(=O)c1ccc(-c2sc(C(=O)NC3CCC3)c(Cl)c2CC2CCCCC2)c2ccccc12. The maximum atomic E-state index is 13.3. The number of carbonyl (C=O) groups excluding carboxylic acids is 1. The molecule has 2 aliphatic rings. The second kappa shape index (κ2) is 10.9. The summed E-state index contributed by atoms with van der Waals surface area (Å²) >= 11 is 8.45. The monoisotopic (exact) mass is 572 g/mol. The molecule has 0 saturated heterocycles. The van der Waals surface area contributed by atoms with Crippen LogP contribution in [0.15, 0.2) is 41.3 Å². The highest BCUT2D eigenvalue weighted by atomic mass is 35.5. The minimum Gasteiger partial charge on any atom is -0.349 e. The van der Waals surface area contributed by atoms with Gasteiger partial charge in [0.15, 0.2) is 0 Å². The fourth-order valence-corrected chi connectivity index (χ4v) is 8.86. The molecule has 1 heterocycles. The van der Waals surface area contributed by atoms with Gasteiger partial charge in [-0.15, -0.1) is 11.3 Å². The van der Waals surface area contributed by atoms with E-state index in [1.165, 1.54) is 43.4 Å². The zero-order valence-electron chi connectivity index (χ0n) is 22.4. The number of fused-ring (bicyclic) bond motifs is 1. The molecule has 2 N–H and O–H groups in total. The highest BCUT2D eigenvalue weighted by molar-refractivity contribution is 7.89. The van der Waals surface area contributed by atoms with Gasteiger partial charge in [-0.1, -0.05) is 74.0 Å². The average Bonchev–Trinajstić information content (AvgIpc) is 3.15. The molecule has 8 heteroatoms. The minimum atomic E-state index is -3.74. The van der Waals surface area contributed by atoms with Crippen LogP contribution in [0.4, 0.5) is 0 Å². The Balaban J connectivity index is 1.63. The van der Waals surface area contributed by atoms with Crippen molar-refractivity contribution in [3.8, 4) is 10.4 Å². The van der Waals surface area contributed by atoms with E-state index < -0.39 is 15.6 Å². The van der Waals surface area contributed by atoms with Gasteiger partial charge in [-0.2, -0.15) is 0 Å². The van der Waals surface area contributed by atoms with Crippen LogP contribution in [-0.2, 0) is 16.4 Å². The molecule has 0 bridgehead atoms. The van der Waals surface area contributed by atoms with Crippen LogP contribution in [-0.4, -0.2) is 25.9 Å². The predicted molar refractivity (Wildman–Crippen MR) is 158 cm³/mol. The number of halogens is 1. The molecule has 0 aliphatic heterocycles. The molecule has 3 aromatic rings. The second-order valence-corrected chi connectivity index (χ2v) is 14.9. The van der Waals surface area contributed by atoms with E-state index in [0.29, 0.717) is 21.2 Å². The Morgan fingerprint density at radius 1 is 0.974 bits per heavy atom. The van der Waals surface area contributed by atoms with Crippen LogP contribution in [0.5, 0.6) is 0 Å². The zero-order chi connectivity index (χ0) is 27.1. The van der Waals surface area contributed by atoms with Crippen molar-refractivity contribution in [2.75, 3.05) is 0 Å². The van der Waals surface area contributed by atoms with E-state index in [-0.39, 0.29) is 16.8 Å². The molecular weight excluding hydrogens is 536 g/mol. The van der Waals surface area contributed by atoms with E-state index in [1.807, 2.05) is 51.1 Å². The Bertz CT molecular complexity index is 1450. The molecule has 1 amide bonds. The normalized spacial score (nSPS) is 17.5. The number of sulfonamides is 1. The molecule has 0 unspecified atom stereocenters. The van der Waals surface area contributed by atoms with Crippen LogP contribution in [0.2, 0.25) is 5.02 Å². The van der Waals surface area contributed by atoms with E-state index in [2.05, 4.69) is 10.0 Å². The summed E-state index contributed by atoms with van der Waals surface area (Å²) in [6, 6.07) is 11.4. The van der Waals surface area contributed by atoms with Crippen LogP contribution in [0, 0.1) is 5.92 Å². The summed E-state index contributed by atoms with van der Waals surface area (Å²) in [5, 5.41) is 5.22. The van der Waals surface area contributed by atoms with Gasteiger partial charge in [0.05, 0.1) is 9.92 Å². The first-order valence-electron chi connectivity index (χ1n) is 13.7. The zero-order valence-corrected chi connectivity index (χ0v) is 24.8. The Labute approximate surface area is 235 Å². The van der Waals surface area contributed by atoms with E-state index in [9.17, 15) is 13.2 Å². The summed E-state index contributed by atoms with van der Waals surface area (Å²) in [5.41, 5.74) is 1.35. The van der Waals surface area contributed by atoms with E-state index in [4.69, 9.17) is 11.6 Å². The summed E-state index contributed by atoms with van der Waals surface area (Å²) in [4.78, 5) is 15.1. The molecule has 1 aromatic heterocycles. The van der Waals surface area contributed by atoms with Gasteiger partial charge in [-0.3, -0.25) is 4.79 Å². The molecule has 5 rings (SSSR count). The van der Waals surface area contributed by atoms with Gasteiger partial charge in [0.1, 0.15) is 4.88 Å². The lowest BCUT2D eigenvalue weighted by molar-refractivity contribution is 0.0921. The minimum absolute atomic E-state index is 0.0984. The van der Waals surface area contributed by atoms with Crippen LogP contribution in [0.3, 0.4) is 0 Å². The molecule has 204 valence electrons.